The van der Waals surface area contributed by atoms with E-state index >= 15 is 0 Å². The monoisotopic (exact) mass is 448 g/mol. The fourth-order valence-corrected chi connectivity index (χ4v) is 13.0. The van der Waals surface area contributed by atoms with Crippen LogP contribution in [0.4, 0.5) is 0 Å². The minimum absolute atomic E-state index is 0.660. The van der Waals surface area contributed by atoms with Crippen LogP contribution in [0.5, 0.6) is 0 Å². The van der Waals surface area contributed by atoms with E-state index < -0.39 is 8.07 Å². The summed E-state index contributed by atoms with van der Waals surface area (Å²) in [7, 11) is -1.61. The van der Waals surface area contributed by atoms with E-state index in [0.29, 0.717) is 35.5 Å². The Kier molecular flexibility index (Phi) is 5.41. The normalized spacial score (nSPS) is 36.7. The largest absolute Gasteiger partial charge is 0.0808 e. The van der Waals surface area contributed by atoms with Gasteiger partial charge in [-0.3, -0.25) is 0 Å². The van der Waals surface area contributed by atoms with Crippen LogP contribution in [0.3, 0.4) is 0 Å². The number of fused-ring (bicyclic) bond motifs is 2. The second-order valence-corrected chi connectivity index (χ2v) is 16.5. The molecule has 0 nitrogen and oxygen atoms in total. The van der Waals surface area contributed by atoms with E-state index in [-0.39, 0.29) is 0 Å². The number of hydrogen-bond donors (Lipinski definition) is 0. The summed E-state index contributed by atoms with van der Waals surface area (Å²) >= 11 is 0. The quantitative estimate of drug-likeness (QED) is 0.411. The maximum absolute atomic E-state index is 2.75. The summed E-state index contributed by atoms with van der Waals surface area (Å²) in [6.07, 6.45) is 22.1. The van der Waals surface area contributed by atoms with Gasteiger partial charge in [-0.05, 0) is 70.6 Å². The lowest BCUT2D eigenvalue weighted by Gasteiger charge is -2.42. The summed E-state index contributed by atoms with van der Waals surface area (Å²) in [6, 6.07) is 22.9. The van der Waals surface area contributed by atoms with Crippen molar-refractivity contribution < 1.29 is 0 Å². The zero-order valence-corrected chi connectivity index (χ0v) is 20.9. The molecule has 0 radical (unpaired) electrons. The molecule has 2 aromatic carbocycles. The molecule has 0 N–H and O–H groups in total. The Morgan fingerprint density at radius 2 is 1.15 bits per heavy atom. The van der Waals surface area contributed by atoms with Gasteiger partial charge >= 0.3 is 0 Å². The minimum Gasteiger partial charge on any atom is -0.0808 e. The maximum atomic E-state index is 2.75. The smallest absolute Gasteiger partial charge is 0.0548 e. The fraction of sp³-hybridized carbons (Fsp3) is 0.375. The molecule has 33 heavy (non-hydrogen) atoms. The standard InChI is InChI=1S/C32H36Si/c1-33(2,30-22-29(23-13-5-3-6-14-23)27-19-11-12-20-28(27)30)31-21-25-17-9-10-18-26(25)32(31)24-15-7-4-8-16-24/h3-20,25-32H,21-22H2,1-2H3. The predicted molar refractivity (Wildman–Crippen MR) is 143 cm³/mol. The van der Waals surface area contributed by atoms with Crippen LogP contribution in [0.2, 0.25) is 24.2 Å². The number of hydrogen-bond acceptors (Lipinski definition) is 0. The van der Waals surface area contributed by atoms with E-state index in [2.05, 4.69) is 122 Å². The van der Waals surface area contributed by atoms with Gasteiger partial charge < -0.3 is 0 Å². The van der Waals surface area contributed by atoms with Crippen LogP contribution < -0.4 is 0 Å². The summed E-state index contributed by atoms with van der Waals surface area (Å²) in [5.74, 6) is 4.06. The Morgan fingerprint density at radius 3 is 1.85 bits per heavy atom. The third-order valence-corrected chi connectivity index (χ3v) is 14.7. The first-order chi connectivity index (χ1) is 16.1. The summed E-state index contributed by atoms with van der Waals surface area (Å²) in [5, 5.41) is 0. The third kappa shape index (κ3) is 3.56. The van der Waals surface area contributed by atoms with Crippen molar-refractivity contribution in [3.8, 4) is 0 Å². The SMILES string of the molecule is C[Si](C)(C1CC(c2ccccc2)C2C=CC=CC21)C1CC2C=CC=CC2C1c1ccccc1. The van der Waals surface area contributed by atoms with Crippen molar-refractivity contribution in [1.29, 1.82) is 0 Å². The molecule has 6 rings (SSSR count). The molecular weight excluding hydrogens is 412 g/mol. The van der Waals surface area contributed by atoms with Crippen LogP contribution in [-0.2, 0) is 0 Å². The first-order valence-corrected chi connectivity index (χ1v) is 16.1. The number of benzene rings is 2. The van der Waals surface area contributed by atoms with Crippen LogP contribution in [0.25, 0.3) is 0 Å². The summed E-state index contributed by atoms with van der Waals surface area (Å²) in [5.41, 5.74) is 4.77. The molecule has 2 fully saturated rings. The Balaban J connectivity index is 1.38. The van der Waals surface area contributed by atoms with Gasteiger partial charge in [0.2, 0.25) is 0 Å². The number of allylic oxidation sites excluding steroid dienone is 8. The first kappa shape index (κ1) is 21.2. The van der Waals surface area contributed by atoms with Gasteiger partial charge in [0.25, 0.3) is 0 Å². The van der Waals surface area contributed by atoms with Crippen molar-refractivity contribution >= 4 is 8.07 Å². The topological polar surface area (TPSA) is 0 Å². The molecule has 2 aromatic rings. The lowest BCUT2D eigenvalue weighted by Crippen LogP contribution is -2.41. The van der Waals surface area contributed by atoms with E-state index in [0.717, 1.165) is 11.1 Å². The van der Waals surface area contributed by atoms with Crippen LogP contribution in [0, 0.1) is 23.7 Å². The van der Waals surface area contributed by atoms with Crippen molar-refractivity contribution in [3.63, 3.8) is 0 Å². The molecule has 1 heteroatoms. The molecule has 8 atom stereocenters. The highest BCUT2D eigenvalue weighted by atomic mass is 28.3. The molecular formula is C32H36Si. The summed E-state index contributed by atoms with van der Waals surface area (Å²) < 4.78 is 0. The molecule has 0 amide bonds. The molecule has 4 aliphatic carbocycles. The second kappa shape index (κ2) is 8.44. The van der Waals surface area contributed by atoms with Crippen LogP contribution in [0.15, 0.2) is 109 Å². The van der Waals surface area contributed by atoms with Crippen LogP contribution >= 0.6 is 0 Å². The zero-order valence-electron chi connectivity index (χ0n) is 19.9. The average Bonchev–Trinajstić information content (AvgIpc) is 3.45. The van der Waals surface area contributed by atoms with Gasteiger partial charge in [-0.25, -0.2) is 0 Å². The molecule has 0 aliphatic heterocycles. The first-order valence-electron chi connectivity index (χ1n) is 12.9. The van der Waals surface area contributed by atoms with Gasteiger partial charge in [-0.15, -0.1) is 0 Å². The van der Waals surface area contributed by atoms with E-state index in [4.69, 9.17) is 0 Å². The van der Waals surface area contributed by atoms with Crippen molar-refractivity contribution in [1.82, 2.24) is 0 Å². The second-order valence-electron chi connectivity index (χ2n) is 11.4. The van der Waals surface area contributed by atoms with Crippen molar-refractivity contribution in [2.45, 2.75) is 48.9 Å². The molecule has 0 saturated heterocycles. The van der Waals surface area contributed by atoms with Gasteiger partial charge in [0, 0.05) is 0 Å². The van der Waals surface area contributed by atoms with E-state index in [1.54, 1.807) is 11.1 Å². The zero-order chi connectivity index (χ0) is 22.4. The van der Waals surface area contributed by atoms with Gasteiger partial charge in [0.05, 0.1) is 8.07 Å². The summed E-state index contributed by atoms with van der Waals surface area (Å²) in [4.78, 5) is 0. The number of rotatable bonds is 4. The van der Waals surface area contributed by atoms with E-state index in [1.165, 1.54) is 12.8 Å². The van der Waals surface area contributed by atoms with Gasteiger partial charge in [-0.1, -0.05) is 122 Å². The highest BCUT2D eigenvalue weighted by Crippen LogP contribution is 2.64. The highest BCUT2D eigenvalue weighted by Gasteiger charge is 2.56. The molecule has 8 unspecified atom stereocenters. The maximum Gasteiger partial charge on any atom is 0.0548 e. The molecule has 0 aromatic heterocycles. The summed E-state index contributed by atoms with van der Waals surface area (Å²) in [6.45, 7) is 5.50. The highest BCUT2D eigenvalue weighted by molar-refractivity contribution is 6.80. The minimum atomic E-state index is -1.61. The fourth-order valence-electron chi connectivity index (χ4n) is 8.06. The van der Waals surface area contributed by atoms with E-state index in [1.807, 2.05) is 0 Å². The Labute approximate surface area is 200 Å². The molecule has 4 aliphatic rings. The lowest BCUT2D eigenvalue weighted by atomic mass is 9.82. The third-order valence-electron chi connectivity index (χ3n) is 9.65. The molecule has 0 bridgehead atoms. The van der Waals surface area contributed by atoms with Crippen LogP contribution in [0.1, 0.15) is 35.8 Å². The lowest BCUT2D eigenvalue weighted by molar-refractivity contribution is 0.497. The molecule has 0 spiro atoms. The van der Waals surface area contributed by atoms with Crippen molar-refractivity contribution in [3.05, 3.63) is 120 Å². The van der Waals surface area contributed by atoms with Gasteiger partial charge in [-0.2, -0.15) is 0 Å². The molecule has 0 heterocycles. The van der Waals surface area contributed by atoms with Gasteiger partial charge in [0.1, 0.15) is 0 Å². The Bertz CT molecular complexity index is 1090. The van der Waals surface area contributed by atoms with Crippen molar-refractivity contribution in [2.24, 2.45) is 23.7 Å². The molecule has 2 saturated carbocycles. The van der Waals surface area contributed by atoms with E-state index in [9.17, 15) is 0 Å². The molecule has 168 valence electrons. The van der Waals surface area contributed by atoms with Crippen molar-refractivity contribution in [2.75, 3.05) is 0 Å². The predicted octanol–water partition coefficient (Wildman–Crippen LogP) is 8.53. The average molecular weight is 449 g/mol. The Morgan fingerprint density at radius 1 is 0.576 bits per heavy atom. The van der Waals surface area contributed by atoms with Crippen LogP contribution in [-0.4, -0.2) is 8.07 Å². The Hall–Kier alpha value is -2.38. The van der Waals surface area contributed by atoms with Gasteiger partial charge in [0.15, 0.2) is 0 Å².